The molecule has 0 amide bonds. The van der Waals surface area contributed by atoms with Crippen LogP contribution in [0.25, 0.3) is 11.3 Å². The van der Waals surface area contributed by atoms with Crippen molar-refractivity contribution in [2.75, 3.05) is 6.61 Å². The van der Waals surface area contributed by atoms with Crippen molar-refractivity contribution in [2.45, 2.75) is 77.7 Å². The van der Waals surface area contributed by atoms with Crippen molar-refractivity contribution in [3.05, 3.63) is 71.2 Å². The highest BCUT2D eigenvalue weighted by Gasteiger charge is 2.44. The van der Waals surface area contributed by atoms with E-state index in [9.17, 15) is 15.0 Å². The smallest absolute Gasteiger partial charge is 0.192 e. The van der Waals surface area contributed by atoms with Crippen molar-refractivity contribution in [1.29, 1.82) is 0 Å². The molecule has 2 heterocycles. The van der Waals surface area contributed by atoms with Crippen LogP contribution in [0.2, 0.25) is 18.1 Å². The Balaban J connectivity index is 1.71. The second-order valence-corrected chi connectivity index (χ2v) is 15.9. The molecule has 1 aromatic carbocycles. The number of aryl methyl sites for hydroxylation is 1. The van der Waals surface area contributed by atoms with Crippen molar-refractivity contribution in [1.82, 2.24) is 10.1 Å². The Morgan fingerprint density at radius 1 is 1.08 bits per heavy atom. The summed E-state index contributed by atoms with van der Waals surface area (Å²) in [6.45, 7) is 13.6. The number of aromatic nitrogens is 2. The van der Waals surface area contributed by atoms with Gasteiger partial charge in [-0.05, 0) is 49.2 Å². The van der Waals surface area contributed by atoms with Crippen LogP contribution in [0.1, 0.15) is 56.4 Å². The standard InChI is InChI=1S/C28H38N2O6Si/c1-19-8-13-23(29-15-19)21-11-9-20(10-12-21)17-34-28(5,25(32)16-31)26(33)24-14-22(36-30-24)18-35-37(6,7)27(2,3)4/h8-15,26,31,33H,16-18H2,1-7H3/t26-,28+/m0/s1. The first-order valence-electron chi connectivity index (χ1n) is 12.3. The third kappa shape index (κ3) is 6.80. The molecule has 2 atom stereocenters. The number of aliphatic hydroxyl groups is 2. The third-order valence-electron chi connectivity index (χ3n) is 7.16. The van der Waals surface area contributed by atoms with E-state index in [0.717, 1.165) is 22.4 Å². The van der Waals surface area contributed by atoms with Gasteiger partial charge in [0.15, 0.2) is 25.5 Å². The average molecular weight is 527 g/mol. The van der Waals surface area contributed by atoms with E-state index in [-0.39, 0.29) is 23.9 Å². The lowest BCUT2D eigenvalue weighted by Crippen LogP contribution is -2.46. The molecule has 0 aliphatic rings. The van der Waals surface area contributed by atoms with E-state index in [1.807, 2.05) is 49.5 Å². The number of nitrogens with zero attached hydrogens (tertiary/aromatic N) is 2. The maximum atomic E-state index is 12.7. The summed E-state index contributed by atoms with van der Waals surface area (Å²) in [5, 5.41) is 24.7. The maximum Gasteiger partial charge on any atom is 0.192 e. The number of carbonyl (C=O) groups excluding carboxylic acids is 1. The van der Waals surface area contributed by atoms with Crippen LogP contribution in [-0.4, -0.2) is 46.7 Å². The number of carbonyl (C=O) groups is 1. The zero-order valence-corrected chi connectivity index (χ0v) is 23.7. The van der Waals surface area contributed by atoms with Gasteiger partial charge in [0, 0.05) is 17.8 Å². The fourth-order valence-corrected chi connectivity index (χ4v) is 4.32. The zero-order chi connectivity index (χ0) is 27.4. The molecule has 0 spiro atoms. The second-order valence-electron chi connectivity index (χ2n) is 11.1. The van der Waals surface area contributed by atoms with Gasteiger partial charge >= 0.3 is 0 Å². The Morgan fingerprint density at radius 2 is 1.76 bits per heavy atom. The van der Waals surface area contributed by atoms with Crippen LogP contribution in [0.3, 0.4) is 0 Å². The highest BCUT2D eigenvalue weighted by atomic mass is 28.4. The Hall–Kier alpha value is -2.69. The van der Waals surface area contributed by atoms with Gasteiger partial charge in [-0.15, -0.1) is 0 Å². The minimum atomic E-state index is -2.01. The largest absolute Gasteiger partial charge is 0.409 e. The molecule has 0 radical (unpaired) electrons. The molecule has 0 bridgehead atoms. The molecule has 0 aliphatic heterocycles. The van der Waals surface area contributed by atoms with Crippen LogP contribution in [0.15, 0.2) is 53.2 Å². The van der Waals surface area contributed by atoms with E-state index in [4.69, 9.17) is 13.7 Å². The Labute approximate surface area is 219 Å². The van der Waals surface area contributed by atoms with E-state index >= 15 is 0 Å². The molecule has 3 aromatic rings. The molecule has 0 fully saturated rings. The van der Waals surface area contributed by atoms with Crippen molar-refractivity contribution in [2.24, 2.45) is 0 Å². The van der Waals surface area contributed by atoms with Gasteiger partial charge in [-0.1, -0.05) is 56.3 Å². The van der Waals surface area contributed by atoms with Gasteiger partial charge in [-0.2, -0.15) is 0 Å². The average Bonchev–Trinajstić information content (AvgIpc) is 3.34. The summed E-state index contributed by atoms with van der Waals surface area (Å²) in [7, 11) is -2.01. The predicted octanol–water partition coefficient (Wildman–Crippen LogP) is 5.14. The number of ketones is 1. The first-order valence-corrected chi connectivity index (χ1v) is 15.3. The quantitative estimate of drug-likeness (QED) is 0.330. The monoisotopic (exact) mass is 526 g/mol. The second kappa shape index (κ2) is 11.4. The Bertz CT molecular complexity index is 1180. The normalized spacial score (nSPS) is 14.8. The number of hydrogen-bond donors (Lipinski definition) is 2. The zero-order valence-electron chi connectivity index (χ0n) is 22.7. The number of benzene rings is 1. The van der Waals surface area contributed by atoms with E-state index in [2.05, 4.69) is 44.0 Å². The lowest BCUT2D eigenvalue weighted by atomic mass is 9.91. The number of aliphatic hydroxyl groups excluding tert-OH is 2. The maximum absolute atomic E-state index is 12.7. The van der Waals surface area contributed by atoms with Crippen LogP contribution in [-0.2, 0) is 27.2 Å². The minimum absolute atomic E-state index is 0.0319. The van der Waals surface area contributed by atoms with Crippen LogP contribution >= 0.6 is 0 Å². The molecule has 2 aromatic heterocycles. The van der Waals surface area contributed by atoms with Gasteiger partial charge in [0.1, 0.15) is 18.4 Å². The number of ether oxygens (including phenoxy) is 1. The van der Waals surface area contributed by atoms with Gasteiger partial charge in [0.2, 0.25) is 0 Å². The van der Waals surface area contributed by atoms with Crippen LogP contribution in [0.4, 0.5) is 0 Å². The van der Waals surface area contributed by atoms with Gasteiger partial charge in [0.25, 0.3) is 0 Å². The molecular formula is C28H38N2O6Si. The highest BCUT2D eigenvalue weighted by Crippen LogP contribution is 2.37. The number of rotatable bonds is 11. The lowest BCUT2D eigenvalue weighted by molar-refractivity contribution is -0.166. The Morgan fingerprint density at radius 3 is 2.32 bits per heavy atom. The van der Waals surface area contributed by atoms with Gasteiger partial charge in [-0.3, -0.25) is 9.78 Å². The van der Waals surface area contributed by atoms with Crippen LogP contribution in [0, 0.1) is 6.92 Å². The molecule has 200 valence electrons. The summed E-state index contributed by atoms with van der Waals surface area (Å²) in [5.41, 5.74) is 2.09. The molecule has 8 nitrogen and oxygen atoms in total. The molecule has 37 heavy (non-hydrogen) atoms. The summed E-state index contributed by atoms with van der Waals surface area (Å²) < 4.78 is 17.5. The van der Waals surface area contributed by atoms with Crippen LogP contribution < -0.4 is 0 Å². The summed E-state index contributed by atoms with van der Waals surface area (Å²) in [6, 6.07) is 13.1. The lowest BCUT2D eigenvalue weighted by Gasteiger charge is -2.35. The first-order chi connectivity index (χ1) is 17.3. The molecule has 0 aliphatic carbocycles. The van der Waals surface area contributed by atoms with E-state index in [1.54, 1.807) is 6.07 Å². The molecule has 0 unspecified atom stereocenters. The summed E-state index contributed by atoms with van der Waals surface area (Å²) in [4.78, 5) is 17.1. The van der Waals surface area contributed by atoms with Crippen LogP contribution in [0.5, 0.6) is 0 Å². The molecule has 3 rings (SSSR count). The summed E-state index contributed by atoms with van der Waals surface area (Å²) in [5.74, 6) is -0.222. The molecule has 2 N–H and O–H groups in total. The molecule has 0 saturated carbocycles. The van der Waals surface area contributed by atoms with Crippen molar-refractivity contribution >= 4 is 14.1 Å². The molecular weight excluding hydrogens is 488 g/mol. The number of hydrogen-bond acceptors (Lipinski definition) is 8. The van der Waals surface area contributed by atoms with Crippen molar-refractivity contribution in [3.8, 4) is 11.3 Å². The van der Waals surface area contributed by atoms with Gasteiger partial charge < -0.3 is 23.9 Å². The molecule has 0 saturated heterocycles. The fourth-order valence-electron chi connectivity index (χ4n) is 3.39. The summed E-state index contributed by atoms with van der Waals surface area (Å²) >= 11 is 0. The van der Waals surface area contributed by atoms with Gasteiger partial charge in [0.05, 0.1) is 18.9 Å². The topological polar surface area (TPSA) is 115 Å². The fraction of sp³-hybridized carbons (Fsp3) is 0.464. The third-order valence-corrected chi connectivity index (χ3v) is 11.6. The minimum Gasteiger partial charge on any atom is -0.409 e. The van der Waals surface area contributed by atoms with Crippen molar-refractivity contribution in [3.63, 3.8) is 0 Å². The highest BCUT2D eigenvalue weighted by molar-refractivity contribution is 6.74. The van der Waals surface area contributed by atoms with E-state index < -0.39 is 32.4 Å². The number of Topliss-reactive ketones (excluding diaryl/α,β-unsaturated/α-hetero) is 1. The van der Waals surface area contributed by atoms with Crippen molar-refractivity contribution < 1.29 is 28.7 Å². The predicted molar refractivity (Wildman–Crippen MR) is 143 cm³/mol. The van der Waals surface area contributed by atoms with E-state index in [1.165, 1.54) is 6.92 Å². The first kappa shape index (κ1) is 28.9. The van der Waals surface area contributed by atoms with Gasteiger partial charge in [-0.25, -0.2) is 0 Å². The SMILES string of the molecule is Cc1ccc(-c2ccc(CO[C@](C)(C(=O)CO)[C@@H](O)c3cc(CO[Si](C)(C)C(C)(C)C)on3)cc2)nc1. The molecule has 9 heteroatoms. The summed E-state index contributed by atoms with van der Waals surface area (Å²) in [6.07, 6.45) is 0.364. The number of pyridine rings is 1. The van der Waals surface area contributed by atoms with E-state index in [0.29, 0.717) is 5.76 Å². The Kier molecular flexibility index (Phi) is 8.87.